The van der Waals surface area contributed by atoms with Gasteiger partial charge in [0.05, 0.1) is 6.16 Å². The predicted octanol–water partition coefficient (Wildman–Crippen LogP) is 0.274. The van der Waals surface area contributed by atoms with Gasteiger partial charge in [-0.05, 0) is 6.42 Å². The molecule has 6 nitrogen and oxygen atoms in total. The Hall–Kier alpha value is -0.420. The van der Waals surface area contributed by atoms with E-state index in [0.717, 1.165) is 0 Å². The van der Waals surface area contributed by atoms with Gasteiger partial charge in [0.25, 0.3) is 0 Å². The van der Waals surface area contributed by atoms with Crippen LogP contribution in [0.5, 0.6) is 0 Å². The Morgan fingerprint density at radius 1 is 1.54 bits per heavy atom. The topological polar surface area (TPSA) is 98.9 Å². The number of rotatable bonds is 6. The van der Waals surface area contributed by atoms with Crippen LogP contribution in [0.4, 0.5) is 0 Å². The van der Waals surface area contributed by atoms with Crippen molar-refractivity contribution in [2.45, 2.75) is 12.5 Å². The molecule has 0 rings (SSSR count). The Morgan fingerprint density at radius 2 is 2.00 bits per heavy atom. The zero-order valence-corrected chi connectivity index (χ0v) is 8.49. The minimum atomic E-state index is -3.12. The minimum absolute atomic E-state index is 0.00741. The first-order chi connectivity index (χ1) is 5.95. The van der Waals surface area contributed by atoms with Crippen molar-refractivity contribution in [1.29, 1.82) is 0 Å². The molecule has 0 aromatic rings. The van der Waals surface area contributed by atoms with E-state index in [0.29, 0.717) is 0 Å². The van der Waals surface area contributed by atoms with Gasteiger partial charge in [0.1, 0.15) is 6.04 Å². The molecule has 0 saturated carbocycles. The fraction of sp³-hybridized carbons (Fsp3) is 0.833. The fourth-order valence-electron chi connectivity index (χ4n) is 0.678. The number of carbonyl (C=O) groups is 1. The molecule has 0 radical (unpaired) electrons. The maximum absolute atomic E-state index is 11.4. The lowest BCUT2D eigenvalue weighted by Crippen LogP contribution is -2.30. The zero-order chi connectivity index (χ0) is 10.5. The smallest absolute Gasteiger partial charge is 0.330 e. The van der Waals surface area contributed by atoms with Crippen molar-refractivity contribution in [2.75, 3.05) is 20.4 Å². The number of hydrogen-bond acceptors (Lipinski definition) is 5. The Bertz CT molecular complexity index is 211. The van der Waals surface area contributed by atoms with Gasteiger partial charge in [0.2, 0.25) is 0 Å². The molecule has 0 aliphatic heterocycles. The van der Waals surface area contributed by atoms with Crippen molar-refractivity contribution >= 4 is 13.6 Å². The summed E-state index contributed by atoms with van der Waals surface area (Å²) in [6.45, 7) is 0. The van der Waals surface area contributed by atoms with Gasteiger partial charge in [-0.25, -0.2) is 0 Å². The molecule has 7 heteroatoms. The van der Waals surface area contributed by atoms with Crippen molar-refractivity contribution in [3.8, 4) is 0 Å². The molecule has 0 unspecified atom stereocenters. The molecule has 1 atom stereocenters. The summed E-state index contributed by atoms with van der Waals surface area (Å²) < 4.78 is 20.6. The number of nitrogens with two attached hydrogens (primary N) is 1. The summed E-state index contributed by atoms with van der Waals surface area (Å²) in [6.07, 6.45) is 0.0712. The summed E-state index contributed by atoms with van der Waals surface area (Å²) in [4.78, 5) is 10.3. The van der Waals surface area contributed by atoms with Crippen LogP contribution in [0.2, 0.25) is 0 Å². The lowest BCUT2D eigenvalue weighted by Gasteiger charge is -2.14. The number of carboxylic acid groups (broad SMARTS) is 1. The molecule has 0 fully saturated rings. The molecule has 0 aromatic carbocycles. The van der Waals surface area contributed by atoms with Crippen LogP contribution in [0.3, 0.4) is 0 Å². The highest BCUT2D eigenvalue weighted by molar-refractivity contribution is 7.53. The number of hydrogen-bond donors (Lipinski definition) is 2. The Kier molecular flexibility index (Phi) is 5.17. The van der Waals surface area contributed by atoms with Gasteiger partial charge in [0, 0.05) is 14.2 Å². The molecule has 0 aliphatic rings. The monoisotopic (exact) mass is 211 g/mol. The van der Waals surface area contributed by atoms with Crippen molar-refractivity contribution in [3.05, 3.63) is 0 Å². The molecule has 0 aromatic heterocycles. The van der Waals surface area contributed by atoms with Gasteiger partial charge in [-0.15, -0.1) is 0 Å². The first-order valence-electron chi connectivity index (χ1n) is 3.64. The molecule has 78 valence electrons. The van der Waals surface area contributed by atoms with E-state index < -0.39 is 19.6 Å². The third kappa shape index (κ3) is 4.38. The van der Waals surface area contributed by atoms with Crippen molar-refractivity contribution in [2.24, 2.45) is 5.73 Å². The van der Waals surface area contributed by atoms with E-state index in [9.17, 15) is 9.36 Å². The maximum atomic E-state index is 11.4. The van der Waals surface area contributed by atoms with E-state index in [1.165, 1.54) is 14.2 Å². The highest BCUT2D eigenvalue weighted by Gasteiger charge is 2.23. The van der Waals surface area contributed by atoms with Crippen LogP contribution in [-0.4, -0.2) is 37.5 Å². The average molecular weight is 211 g/mol. The Balaban J connectivity index is 4.00. The van der Waals surface area contributed by atoms with Crippen LogP contribution in [0.25, 0.3) is 0 Å². The highest BCUT2D eigenvalue weighted by Crippen LogP contribution is 2.46. The van der Waals surface area contributed by atoms with E-state index in [-0.39, 0.29) is 12.6 Å². The van der Waals surface area contributed by atoms with Gasteiger partial charge in [-0.2, -0.15) is 0 Å². The molecule has 0 saturated heterocycles. The Morgan fingerprint density at radius 3 is 2.31 bits per heavy atom. The molecule has 0 aliphatic carbocycles. The maximum Gasteiger partial charge on any atom is 0.330 e. The van der Waals surface area contributed by atoms with E-state index in [2.05, 4.69) is 9.05 Å². The van der Waals surface area contributed by atoms with Gasteiger partial charge >= 0.3 is 13.6 Å². The molecule has 0 spiro atoms. The molecule has 0 bridgehead atoms. The Labute approximate surface area is 76.5 Å². The summed E-state index contributed by atoms with van der Waals surface area (Å²) in [5, 5.41) is 8.43. The summed E-state index contributed by atoms with van der Waals surface area (Å²) in [5.74, 6) is -1.13. The summed E-state index contributed by atoms with van der Waals surface area (Å²) >= 11 is 0. The molecule has 0 heterocycles. The van der Waals surface area contributed by atoms with Crippen molar-refractivity contribution < 1.29 is 23.5 Å². The van der Waals surface area contributed by atoms with Gasteiger partial charge in [-0.3, -0.25) is 9.36 Å². The van der Waals surface area contributed by atoms with E-state index in [4.69, 9.17) is 10.8 Å². The molecule has 3 N–H and O–H groups in total. The first kappa shape index (κ1) is 12.6. The third-order valence-corrected chi connectivity index (χ3v) is 3.51. The lowest BCUT2D eigenvalue weighted by atomic mass is 10.2. The van der Waals surface area contributed by atoms with Gasteiger partial charge in [0.15, 0.2) is 0 Å². The predicted molar refractivity (Wildman–Crippen MR) is 46.7 cm³/mol. The lowest BCUT2D eigenvalue weighted by molar-refractivity contribution is -0.138. The van der Waals surface area contributed by atoms with Gasteiger partial charge in [-0.1, -0.05) is 0 Å². The normalized spacial score (nSPS) is 14.1. The molecular formula is C6H14NO5P. The number of aliphatic carboxylic acids is 1. The quantitative estimate of drug-likeness (QED) is 0.612. The van der Waals surface area contributed by atoms with E-state index >= 15 is 0 Å². The second kappa shape index (κ2) is 5.34. The molecule has 0 amide bonds. The first-order valence-corrected chi connectivity index (χ1v) is 5.37. The average Bonchev–Trinajstić information content (AvgIpc) is 2.13. The molecule has 13 heavy (non-hydrogen) atoms. The van der Waals surface area contributed by atoms with Crippen molar-refractivity contribution in [1.82, 2.24) is 0 Å². The third-order valence-electron chi connectivity index (χ3n) is 1.59. The van der Waals surface area contributed by atoms with E-state index in [1.54, 1.807) is 0 Å². The summed E-state index contributed by atoms with van der Waals surface area (Å²) in [6, 6.07) is -1.03. The molecular weight excluding hydrogens is 197 g/mol. The fourth-order valence-corrected chi connectivity index (χ4v) is 1.79. The highest BCUT2D eigenvalue weighted by atomic mass is 31.2. The van der Waals surface area contributed by atoms with Crippen LogP contribution in [-0.2, 0) is 18.4 Å². The SMILES string of the molecule is COP(=O)(CC[C@H](N)C(=O)O)OC. The second-order valence-electron chi connectivity index (χ2n) is 2.43. The van der Waals surface area contributed by atoms with Crippen LogP contribution in [0, 0.1) is 0 Å². The van der Waals surface area contributed by atoms with Crippen LogP contribution in [0.15, 0.2) is 0 Å². The van der Waals surface area contributed by atoms with Gasteiger partial charge < -0.3 is 19.9 Å². The summed E-state index contributed by atoms with van der Waals surface area (Å²) in [5.41, 5.74) is 5.20. The van der Waals surface area contributed by atoms with Crippen molar-refractivity contribution in [3.63, 3.8) is 0 Å². The largest absolute Gasteiger partial charge is 0.480 e. The van der Waals surface area contributed by atoms with Crippen LogP contribution >= 0.6 is 7.60 Å². The van der Waals surface area contributed by atoms with E-state index in [1.807, 2.05) is 0 Å². The van der Waals surface area contributed by atoms with Crippen LogP contribution in [0.1, 0.15) is 6.42 Å². The number of carboxylic acids is 1. The van der Waals surface area contributed by atoms with Crippen LogP contribution < -0.4 is 5.73 Å². The summed E-state index contributed by atoms with van der Waals surface area (Å²) in [7, 11) is -0.625. The minimum Gasteiger partial charge on any atom is -0.480 e. The standard InChI is InChI=1S/C6H14NO5P/c1-11-13(10,12-2)4-3-5(7)6(8)9/h5H,3-4,7H2,1-2H3,(H,8,9)/t5-/m0/s1. The second-order valence-corrected chi connectivity index (χ2v) is 4.83. The zero-order valence-electron chi connectivity index (χ0n) is 7.60.